The maximum absolute atomic E-state index is 12.5. The van der Waals surface area contributed by atoms with E-state index in [4.69, 9.17) is 9.57 Å². The number of rotatable bonds is 11. The van der Waals surface area contributed by atoms with Crippen LogP contribution in [0.3, 0.4) is 0 Å². The molecular formula is C22H31NO8. The quantitative estimate of drug-likeness (QED) is 0.274. The first-order valence-electron chi connectivity index (χ1n) is 11.0. The van der Waals surface area contributed by atoms with E-state index in [0.717, 1.165) is 0 Å². The predicted octanol–water partition coefficient (Wildman–Crippen LogP) is 2.44. The molecule has 172 valence electrons. The summed E-state index contributed by atoms with van der Waals surface area (Å²) >= 11 is 0. The van der Waals surface area contributed by atoms with Gasteiger partial charge in [0, 0.05) is 25.7 Å². The van der Waals surface area contributed by atoms with E-state index in [0.29, 0.717) is 30.7 Å². The highest BCUT2D eigenvalue weighted by atomic mass is 16.7. The molecule has 1 aliphatic heterocycles. The molecule has 2 fully saturated rings. The summed E-state index contributed by atoms with van der Waals surface area (Å²) in [6.07, 6.45) is 1.46. The third kappa shape index (κ3) is 6.21. The third-order valence-electron chi connectivity index (χ3n) is 6.42. The second-order valence-corrected chi connectivity index (χ2v) is 8.41. The van der Waals surface area contributed by atoms with Crippen molar-refractivity contribution < 1.29 is 38.3 Å². The lowest BCUT2D eigenvalue weighted by molar-refractivity contribution is -0.198. The number of Topliss-reactive ketones (excluding diaryl/α,β-unsaturated/α-hetero) is 2. The number of amides is 2. The minimum Gasteiger partial charge on any atom is -0.446 e. The fourth-order valence-corrected chi connectivity index (χ4v) is 4.17. The van der Waals surface area contributed by atoms with Crippen LogP contribution in [0.4, 0.5) is 0 Å². The van der Waals surface area contributed by atoms with E-state index >= 15 is 0 Å². The third-order valence-corrected chi connectivity index (χ3v) is 6.42. The molecule has 2 aliphatic rings. The van der Waals surface area contributed by atoms with E-state index in [1.807, 2.05) is 20.8 Å². The maximum Gasteiger partial charge on any atom is 0.333 e. The average molecular weight is 437 g/mol. The Balaban J connectivity index is 1.98. The van der Waals surface area contributed by atoms with Crippen LogP contribution in [0.5, 0.6) is 0 Å². The van der Waals surface area contributed by atoms with Gasteiger partial charge in [-0.15, -0.1) is 5.06 Å². The van der Waals surface area contributed by atoms with Crippen LogP contribution in [-0.2, 0) is 38.3 Å². The molecule has 1 aliphatic carbocycles. The molecule has 1 heterocycles. The largest absolute Gasteiger partial charge is 0.446 e. The van der Waals surface area contributed by atoms with Gasteiger partial charge in [0.25, 0.3) is 11.8 Å². The first kappa shape index (κ1) is 24.7. The lowest BCUT2D eigenvalue weighted by Crippen LogP contribution is -2.34. The minimum absolute atomic E-state index is 0.00392. The summed E-state index contributed by atoms with van der Waals surface area (Å²) in [6.45, 7) is 5.79. The fourth-order valence-electron chi connectivity index (χ4n) is 4.17. The van der Waals surface area contributed by atoms with Crippen LogP contribution in [0.25, 0.3) is 0 Å². The molecule has 0 spiro atoms. The topological polar surface area (TPSA) is 124 Å². The zero-order valence-electron chi connectivity index (χ0n) is 18.4. The summed E-state index contributed by atoms with van der Waals surface area (Å²) in [6, 6.07) is 0. The number of ether oxygens (including phenoxy) is 1. The van der Waals surface area contributed by atoms with Gasteiger partial charge in [-0.1, -0.05) is 27.2 Å². The van der Waals surface area contributed by atoms with E-state index in [1.54, 1.807) is 0 Å². The first-order valence-corrected chi connectivity index (χ1v) is 11.0. The van der Waals surface area contributed by atoms with Gasteiger partial charge < -0.3 is 9.57 Å². The van der Waals surface area contributed by atoms with Crippen LogP contribution < -0.4 is 0 Å². The SMILES string of the molecule is CCC(CC(=O)ON1C(=O)CCC1=O)CC(CC)(CC)CC(=O)OC1C(=O)CCC1=O. The molecule has 0 N–H and O–H groups in total. The molecule has 1 unspecified atom stereocenters. The monoisotopic (exact) mass is 437 g/mol. The van der Waals surface area contributed by atoms with Crippen molar-refractivity contribution in [3.63, 3.8) is 0 Å². The summed E-state index contributed by atoms with van der Waals surface area (Å²) in [4.78, 5) is 76.6. The lowest BCUT2D eigenvalue weighted by Gasteiger charge is -2.34. The van der Waals surface area contributed by atoms with E-state index in [-0.39, 0.29) is 56.0 Å². The molecule has 0 bridgehead atoms. The molecule has 0 aromatic rings. The second kappa shape index (κ2) is 10.6. The fraction of sp³-hybridized carbons (Fsp3) is 0.727. The Morgan fingerprint density at radius 2 is 1.48 bits per heavy atom. The van der Waals surface area contributed by atoms with Gasteiger partial charge in [0.2, 0.25) is 6.10 Å². The van der Waals surface area contributed by atoms with E-state index < -0.39 is 35.3 Å². The standard InChI is InChI=1S/C22H31NO8/c1-4-14(11-19(28)31-23-17(26)9-10-18(23)27)12-22(5-2,6-3)13-20(29)30-21-15(24)7-8-16(21)25/h14,21H,4-13H2,1-3H3. The average Bonchev–Trinajstić information content (AvgIpc) is 3.22. The highest BCUT2D eigenvalue weighted by Crippen LogP contribution is 2.40. The Kier molecular flexibility index (Phi) is 8.47. The number of hydrogen-bond acceptors (Lipinski definition) is 8. The second-order valence-electron chi connectivity index (χ2n) is 8.41. The van der Waals surface area contributed by atoms with Crippen molar-refractivity contribution in [2.45, 2.75) is 91.1 Å². The number of hydroxylamine groups is 2. The predicted molar refractivity (Wildman–Crippen MR) is 107 cm³/mol. The number of carbonyl (C=O) groups is 6. The maximum atomic E-state index is 12.5. The van der Waals surface area contributed by atoms with Gasteiger partial charge in [-0.2, -0.15) is 0 Å². The van der Waals surface area contributed by atoms with Crippen molar-refractivity contribution in [2.75, 3.05) is 0 Å². The van der Waals surface area contributed by atoms with Crippen LogP contribution in [-0.4, -0.2) is 46.5 Å². The molecule has 9 heteroatoms. The molecule has 9 nitrogen and oxygen atoms in total. The van der Waals surface area contributed by atoms with Gasteiger partial charge in [0.05, 0.1) is 12.8 Å². The van der Waals surface area contributed by atoms with Gasteiger partial charge in [-0.25, -0.2) is 4.79 Å². The molecule has 31 heavy (non-hydrogen) atoms. The molecule has 2 amide bonds. The van der Waals surface area contributed by atoms with Gasteiger partial charge in [0.15, 0.2) is 11.6 Å². The Hall–Kier alpha value is -2.58. The molecule has 1 saturated heterocycles. The van der Waals surface area contributed by atoms with Gasteiger partial charge in [0.1, 0.15) is 0 Å². The number of hydrogen-bond donors (Lipinski definition) is 0. The van der Waals surface area contributed by atoms with E-state index in [2.05, 4.69) is 0 Å². The Morgan fingerprint density at radius 3 is 1.97 bits per heavy atom. The molecule has 1 saturated carbocycles. The highest BCUT2D eigenvalue weighted by Gasteiger charge is 2.39. The molecule has 2 rings (SSSR count). The molecule has 0 aromatic carbocycles. The van der Waals surface area contributed by atoms with Gasteiger partial charge in [-0.3, -0.25) is 24.0 Å². The first-order chi connectivity index (χ1) is 14.6. The van der Waals surface area contributed by atoms with Crippen LogP contribution in [0, 0.1) is 11.3 Å². The summed E-state index contributed by atoms with van der Waals surface area (Å²) < 4.78 is 5.19. The van der Waals surface area contributed by atoms with Gasteiger partial charge in [-0.05, 0) is 30.6 Å². The van der Waals surface area contributed by atoms with Crippen molar-refractivity contribution in [1.29, 1.82) is 0 Å². The normalized spacial score (nSPS) is 18.6. The van der Waals surface area contributed by atoms with Crippen molar-refractivity contribution in [2.24, 2.45) is 11.3 Å². The summed E-state index contributed by atoms with van der Waals surface area (Å²) in [5, 5.41) is 0.537. The molecule has 0 radical (unpaired) electrons. The Morgan fingerprint density at radius 1 is 0.935 bits per heavy atom. The summed E-state index contributed by atoms with van der Waals surface area (Å²) in [7, 11) is 0. The van der Waals surface area contributed by atoms with E-state index in [1.165, 1.54) is 0 Å². The van der Waals surface area contributed by atoms with Crippen molar-refractivity contribution in [1.82, 2.24) is 5.06 Å². The number of nitrogens with zero attached hydrogens (tertiary/aromatic N) is 1. The molecule has 0 aromatic heterocycles. The van der Waals surface area contributed by atoms with Crippen LogP contribution in [0.15, 0.2) is 0 Å². The van der Waals surface area contributed by atoms with Crippen LogP contribution >= 0.6 is 0 Å². The smallest absolute Gasteiger partial charge is 0.333 e. The zero-order valence-corrected chi connectivity index (χ0v) is 18.4. The number of esters is 1. The zero-order chi connectivity index (χ0) is 23.2. The van der Waals surface area contributed by atoms with Crippen molar-refractivity contribution in [3.05, 3.63) is 0 Å². The minimum atomic E-state index is -1.29. The Bertz CT molecular complexity index is 723. The van der Waals surface area contributed by atoms with Gasteiger partial charge >= 0.3 is 11.9 Å². The van der Waals surface area contributed by atoms with E-state index in [9.17, 15) is 28.8 Å². The molecular weight excluding hydrogens is 406 g/mol. The van der Waals surface area contributed by atoms with Crippen LogP contribution in [0.1, 0.15) is 85.0 Å². The number of carbonyl (C=O) groups excluding carboxylic acids is 6. The summed E-state index contributed by atoms with van der Waals surface area (Å²) in [5.41, 5.74) is -0.470. The molecule has 1 atom stereocenters. The number of imide groups is 1. The number of ketones is 2. The van der Waals surface area contributed by atoms with Crippen LogP contribution in [0.2, 0.25) is 0 Å². The van der Waals surface area contributed by atoms with Crippen molar-refractivity contribution in [3.8, 4) is 0 Å². The van der Waals surface area contributed by atoms with Crippen molar-refractivity contribution >= 4 is 35.3 Å². The Labute approximate surface area is 181 Å². The lowest BCUT2D eigenvalue weighted by atomic mass is 9.71. The highest BCUT2D eigenvalue weighted by molar-refractivity contribution is 6.12. The summed E-state index contributed by atoms with van der Waals surface area (Å²) in [5.74, 6) is -3.18.